The van der Waals surface area contributed by atoms with E-state index in [2.05, 4.69) is 5.32 Å². The maximum Gasteiger partial charge on any atom is 0.261 e. The van der Waals surface area contributed by atoms with Crippen molar-refractivity contribution >= 4 is 22.6 Å². The molecule has 1 N–H and O–H groups in total. The van der Waals surface area contributed by atoms with Gasteiger partial charge in [0.2, 0.25) is 5.91 Å². The average molecular weight is 394 g/mol. The molecule has 3 rings (SSSR count). The van der Waals surface area contributed by atoms with Gasteiger partial charge < -0.3 is 15.0 Å². The van der Waals surface area contributed by atoms with Gasteiger partial charge in [-0.05, 0) is 24.4 Å². The summed E-state index contributed by atoms with van der Waals surface area (Å²) in [7, 11) is 1.50. The summed E-state index contributed by atoms with van der Waals surface area (Å²) in [5, 5.41) is 4.42. The Morgan fingerprint density at radius 3 is 2.48 bits per heavy atom. The minimum absolute atomic E-state index is 0.0288. The molecule has 0 aromatic heterocycles. The van der Waals surface area contributed by atoms with Gasteiger partial charge in [0.1, 0.15) is 17.6 Å². The van der Waals surface area contributed by atoms with Crippen LogP contribution >= 0.6 is 0 Å². The van der Waals surface area contributed by atoms with E-state index in [1.54, 1.807) is 31.2 Å². The van der Waals surface area contributed by atoms with Gasteiger partial charge in [0.15, 0.2) is 6.61 Å². The number of carbonyl (C=O) groups is 2. The molecule has 3 aromatic rings. The highest BCUT2D eigenvalue weighted by molar-refractivity contribution is 5.90. The molecule has 0 saturated heterocycles. The van der Waals surface area contributed by atoms with Crippen molar-refractivity contribution < 1.29 is 18.7 Å². The SMILES string of the molecule is CNC(=O)[C@@H](C)N(Cc1ccccc1F)C(=O)COc1cccc2ccccc12. The molecule has 5 nitrogen and oxygen atoms in total. The molecule has 1 atom stereocenters. The first-order valence-electron chi connectivity index (χ1n) is 9.36. The van der Waals surface area contributed by atoms with Crippen LogP contribution < -0.4 is 10.1 Å². The zero-order valence-corrected chi connectivity index (χ0v) is 16.4. The van der Waals surface area contributed by atoms with E-state index in [1.165, 1.54) is 18.0 Å². The van der Waals surface area contributed by atoms with Crippen LogP contribution in [0, 0.1) is 5.82 Å². The largest absolute Gasteiger partial charge is 0.483 e. The predicted molar refractivity (Wildman–Crippen MR) is 110 cm³/mol. The first-order chi connectivity index (χ1) is 14.0. The first kappa shape index (κ1) is 20.3. The Kier molecular flexibility index (Phi) is 6.44. The van der Waals surface area contributed by atoms with E-state index in [0.29, 0.717) is 11.3 Å². The fourth-order valence-corrected chi connectivity index (χ4v) is 3.15. The Morgan fingerprint density at radius 2 is 1.72 bits per heavy atom. The smallest absolute Gasteiger partial charge is 0.261 e. The fraction of sp³-hybridized carbons (Fsp3) is 0.217. The summed E-state index contributed by atoms with van der Waals surface area (Å²) in [5.41, 5.74) is 0.335. The minimum Gasteiger partial charge on any atom is -0.483 e. The molecule has 0 heterocycles. The summed E-state index contributed by atoms with van der Waals surface area (Å²) in [5.74, 6) is -0.587. The molecule has 3 aromatic carbocycles. The van der Waals surface area contributed by atoms with Crippen LogP contribution in [0.3, 0.4) is 0 Å². The zero-order chi connectivity index (χ0) is 20.8. The van der Waals surface area contributed by atoms with Crippen molar-refractivity contribution in [1.29, 1.82) is 0 Å². The van der Waals surface area contributed by atoms with Gasteiger partial charge in [0.05, 0.1) is 0 Å². The molecule has 0 aliphatic carbocycles. The number of hydrogen-bond donors (Lipinski definition) is 1. The van der Waals surface area contributed by atoms with Gasteiger partial charge >= 0.3 is 0 Å². The van der Waals surface area contributed by atoms with E-state index >= 15 is 0 Å². The van der Waals surface area contributed by atoms with Gasteiger partial charge in [0, 0.05) is 24.5 Å². The molecule has 0 spiro atoms. The lowest BCUT2D eigenvalue weighted by Crippen LogP contribution is -2.48. The highest BCUT2D eigenvalue weighted by Gasteiger charge is 2.26. The van der Waals surface area contributed by atoms with E-state index in [4.69, 9.17) is 4.74 Å². The molecule has 0 radical (unpaired) electrons. The summed E-state index contributed by atoms with van der Waals surface area (Å²) in [6, 6.07) is 18.7. The normalized spacial score (nSPS) is 11.7. The summed E-state index contributed by atoms with van der Waals surface area (Å²) < 4.78 is 19.9. The Labute approximate surface area is 169 Å². The van der Waals surface area contributed by atoms with Crippen molar-refractivity contribution in [2.24, 2.45) is 0 Å². The fourth-order valence-electron chi connectivity index (χ4n) is 3.15. The number of ether oxygens (including phenoxy) is 1. The second kappa shape index (κ2) is 9.19. The monoisotopic (exact) mass is 394 g/mol. The van der Waals surface area contributed by atoms with Crippen LogP contribution in [0.4, 0.5) is 4.39 Å². The van der Waals surface area contributed by atoms with Gasteiger partial charge in [-0.15, -0.1) is 0 Å². The van der Waals surface area contributed by atoms with Crippen LogP contribution in [0.2, 0.25) is 0 Å². The van der Waals surface area contributed by atoms with Crippen LogP contribution in [-0.2, 0) is 16.1 Å². The lowest BCUT2D eigenvalue weighted by molar-refractivity contribution is -0.142. The lowest BCUT2D eigenvalue weighted by atomic mass is 10.1. The van der Waals surface area contributed by atoms with E-state index in [-0.39, 0.29) is 19.1 Å². The second-order valence-electron chi connectivity index (χ2n) is 6.67. The molecule has 29 heavy (non-hydrogen) atoms. The number of amides is 2. The summed E-state index contributed by atoms with van der Waals surface area (Å²) in [6.07, 6.45) is 0. The summed E-state index contributed by atoms with van der Waals surface area (Å²) in [4.78, 5) is 26.4. The number of benzene rings is 3. The van der Waals surface area contributed by atoms with Crippen LogP contribution in [0.5, 0.6) is 5.75 Å². The number of fused-ring (bicyclic) bond motifs is 1. The maximum atomic E-state index is 14.1. The predicted octanol–water partition coefficient (Wildman–Crippen LogP) is 3.52. The molecule has 150 valence electrons. The maximum absolute atomic E-state index is 14.1. The highest BCUT2D eigenvalue weighted by Crippen LogP contribution is 2.25. The van der Waals surface area contributed by atoms with E-state index in [1.807, 2.05) is 36.4 Å². The zero-order valence-electron chi connectivity index (χ0n) is 16.4. The Bertz CT molecular complexity index is 1020. The first-order valence-corrected chi connectivity index (χ1v) is 9.36. The number of likely N-dealkylation sites (N-methyl/N-ethyl adjacent to an activating group) is 1. The average Bonchev–Trinajstić information content (AvgIpc) is 2.75. The molecular weight excluding hydrogens is 371 g/mol. The molecule has 2 amide bonds. The van der Waals surface area contributed by atoms with Gasteiger partial charge in [0.25, 0.3) is 5.91 Å². The van der Waals surface area contributed by atoms with Crippen molar-refractivity contribution in [3.05, 3.63) is 78.1 Å². The highest BCUT2D eigenvalue weighted by atomic mass is 19.1. The summed E-state index contributed by atoms with van der Waals surface area (Å²) >= 11 is 0. The number of rotatable bonds is 7. The van der Waals surface area contributed by atoms with Gasteiger partial charge in [-0.1, -0.05) is 54.6 Å². The van der Waals surface area contributed by atoms with Crippen molar-refractivity contribution in [2.75, 3.05) is 13.7 Å². The molecular formula is C23H23FN2O3. The third-order valence-electron chi connectivity index (χ3n) is 4.81. The quantitative estimate of drug-likeness (QED) is 0.667. The molecule has 0 unspecified atom stereocenters. The molecule has 0 fully saturated rings. The molecule has 0 aliphatic heterocycles. The number of nitrogens with zero attached hydrogens (tertiary/aromatic N) is 1. The van der Waals surface area contributed by atoms with Crippen LogP contribution in [0.15, 0.2) is 66.7 Å². The van der Waals surface area contributed by atoms with E-state index in [9.17, 15) is 14.0 Å². The van der Waals surface area contributed by atoms with Crippen molar-refractivity contribution in [2.45, 2.75) is 19.5 Å². The minimum atomic E-state index is -0.775. The van der Waals surface area contributed by atoms with E-state index < -0.39 is 17.8 Å². The second-order valence-corrected chi connectivity index (χ2v) is 6.67. The molecule has 0 saturated carbocycles. The van der Waals surface area contributed by atoms with Crippen molar-refractivity contribution in [3.63, 3.8) is 0 Å². The van der Waals surface area contributed by atoms with Crippen molar-refractivity contribution in [1.82, 2.24) is 10.2 Å². The molecule has 0 aliphatic rings. The van der Waals surface area contributed by atoms with Crippen LogP contribution in [-0.4, -0.2) is 36.4 Å². The third-order valence-corrected chi connectivity index (χ3v) is 4.81. The Balaban J connectivity index is 1.80. The Morgan fingerprint density at radius 1 is 1.03 bits per heavy atom. The van der Waals surface area contributed by atoms with Gasteiger partial charge in [-0.25, -0.2) is 4.39 Å². The van der Waals surface area contributed by atoms with Crippen LogP contribution in [0.25, 0.3) is 10.8 Å². The number of halogens is 1. The number of hydrogen-bond acceptors (Lipinski definition) is 3. The van der Waals surface area contributed by atoms with Crippen LogP contribution in [0.1, 0.15) is 12.5 Å². The van der Waals surface area contributed by atoms with E-state index in [0.717, 1.165) is 10.8 Å². The van der Waals surface area contributed by atoms with Gasteiger partial charge in [-0.2, -0.15) is 0 Å². The molecule has 0 bridgehead atoms. The number of nitrogens with one attached hydrogen (secondary N) is 1. The topological polar surface area (TPSA) is 58.6 Å². The lowest BCUT2D eigenvalue weighted by Gasteiger charge is -2.28. The van der Waals surface area contributed by atoms with Crippen molar-refractivity contribution in [3.8, 4) is 5.75 Å². The number of carbonyl (C=O) groups excluding carboxylic acids is 2. The Hall–Kier alpha value is -3.41. The summed E-state index contributed by atoms with van der Waals surface area (Å²) in [6.45, 7) is 1.32. The van der Waals surface area contributed by atoms with Gasteiger partial charge in [-0.3, -0.25) is 9.59 Å². The standard InChI is InChI=1S/C23H23FN2O3/c1-16(23(28)25-2)26(14-18-9-4-6-12-20(18)24)22(27)15-29-21-13-7-10-17-8-3-5-11-19(17)21/h3-13,16H,14-15H2,1-2H3,(H,25,28)/t16-/m1/s1. The third kappa shape index (κ3) is 4.71. The molecule has 6 heteroatoms.